The van der Waals surface area contributed by atoms with Gasteiger partial charge in [-0.1, -0.05) is 29.4 Å². The predicted molar refractivity (Wildman–Crippen MR) is 99.7 cm³/mol. The van der Waals surface area contributed by atoms with Crippen molar-refractivity contribution in [3.8, 4) is 5.75 Å². The minimum atomic E-state index is -0.781. The number of carboxylic acid groups (broad SMARTS) is 1. The standard InChI is InChI=1S/C19H19ClFNO3S/c20-13-6-7-17(18(11-13)26-15-4-1-3-14(21)12-15)25-10-9-22-8-2-5-16(22)19(23)24/h1,3-4,6-7,11-12,16H,2,5,8-10H2,(H,23,24)/t16-/m0/s1. The summed E-state index contributed by atoms with van der Waals surface area (Å²) in [4.78, 5) is 14.7. The third-order valence-corrected chi connectivity index (χ3v) is 5.48. The van der Waals surface area contributed by atoms with E-state index in [0.29, 0.717) is 30.3 Å². The maximum Gasteiger partial charge on any atom is 0.320 e. The van der Waals surface area contributed by atoms with Crippen molar-refractivity contribution in [1.29, 1.82) is 0 Å². The van der Waals surface area contributed by atoms with Crippen LogP contribution in [-0.2, 0) is 4.79 Å². The molecular weight excluding hydrogens is 377 g/mol. The van der Waals surface area contributed by atoms with Crippen LogP contribution in [0.5, 0.6) is 5.75 Å². The van der Waals surface area contributed by atoms with Crippen LogP contribution in [0.25, 0.3) is 0 Å². The lowest BCUT2D eigenvalue weighted by molar-refractivity contribution is -0.142. The molecule has 0 radical (unpaired) electrons. The third-order valence-electron chi connectivity index (χ3n) is 4.21. The van der Waals surface area contributed by atoms with E-state index >= 15 is 0 Å². The van der Waals surface area contributed by atoms with Crippen molar-refractivity contribution in [1.82, 2.24) is 4.90 Å². The molecule has 1 aliphatic rings. The number of carboxylic acids is 1. The first kappa shape index (κ1) is 19.0. The highest BCUT2D eigenvalue weighted by atomic mass is 35.5. The largest absolute Gasteiger partial charge is 0.491 e. The molecule has 0 unspecified atom stereocenters. The molecule has 1 saturated heterocycles. The first-order chi connectivity index (χ1) is 12.5. The average molecular weight is 396 g/mol. The zero-order valence-corrected chi connectivity index (χ0v) is 15.6. The maximum absolute atomic E-state index is 13.4. The average Bonchev–Trinajstić information content (AvgIpc) is 3.06. The molecule has 1 atom stereocenters. The van der Waals surface area contributed by atoms with Crippen LogP contribution in [0, 0.1) is 5.82 Å². The van der Waals surface area contributed by atoms with Gasteiger partial charge in [-0.05, 0) is 55.8 Å². The number of benzene rings is 2. The molecule has 1 heterocycles. The van der Waals surface area contributed by atoms with E-state index in [2.05, 4.69) is 0 Å². The number of hydrogen-bond donors (Lipinski definition) is 1. The molecule has 1 aliphatic heterocycles. The van der Waals surface area contributed by atoms with Crippen LogP contribution in [-0.4, -0.2) is 41.7 Å². The molecule has 1 N–H and O–H groups in total. The zero-order valence-electron chi connectivity index (χ0n) is 14.0. The van der Waals surface area contributed by atoms with Crippen LogP contribution in [0.3, 0.4) is 0 Å². The Kier molecular flexibility index (Phi) is 6.40. The van der Waals surface area contributed by atoms with Crippen LogP contribution in [0.15, 0.2) is 52.3 Å². The minimum Gasteiger partial charge on any atom is -0.491 e. The van der Waals surface area contributed by atoms with Crippen LogP contribution in [0.4, 0.5) is 4.39 Å². The number of carbonyl (C=O) groups is 1. The van der Waals surface area contributed by atoms with Gasteiger partial charge in [0.15, 0.2) is 0 Å². The summed E-state index contributed by atoms with van der Waals surface area (Å²) in [5.41, 5.74) is 0. The van der Waals surface area contributed by atoms with E-state index in [4.69, 9.17) is 16.3 Å². The van der Waals surface area contributed by atoms with Crippen molar-refractivity contribution < 1.29 is 19.0 Å². The lowest BCUT2D eigenvalue weighted by Gasteiger charge is -2.21. The topological polar surface area (TPSA) is 49.8 Å². The number of nitrogens with zero attached hydrogens (tertiary/aromatic N) is 1. The Morgan fingerprint density at radius 1 is 1.35 bits per heavy atom. The highest BCUT2D eigenvalue weighted by Crippen LogP contribution is 2.37. The number of aliphatic carboxylic acids is 1. The first-order valence-corrected chi connectivity index (χ1v) is 9.55. The highest BCUT2D eigenvalue weighted by Gasteiger charge is 2.29. The number of halogens is 2. The summed E-state index contributed by atoms with van der Waals surface area (Å²) in [5, 5.41) is 9.80. The van der Waals surface area contributed by atoms with Crippen LogP contribution >= 0.6 is 23.4 Å². The van der Waals surface area contributed by atoms with E-state index in [1.54, 1.807) is 24.3 Å². The van der Waals surface area contributed by atoms with Gasteiger partial charge in [0.25, 0.3) is 0 Å². The summed E-state index contributed by atoms with van der Waals surface area (Å²) >= 11 is 7.46. The number of ether oxygens (including phenoxy) is 1. The van der Waals surface area contributed by atoms with E-state index in [1.807, 2.05) is 11.0 Å². The fraction of sp³-hybridized carbons (Fsp3) is 0.316. The van der Waals surface area contributed by atoms with Gasteiger partial charge in [0.1, 0.15) is 24.2 Å². The van der Waals surface area contributed by atoms with Gasteiger partial charge in [0, 0.05) is 16.5 Å². The third kappa shape index (κ3) is 4.90. The maximum atomic E-state index is 13.4. The van der Waals surface area contributed by atoms with Crippen LogP contribution in [0.1, 0.15) is 12.8 Å². The van der Waals surface area contributed by atoms with Crippen molar-refractivity contribution in [3.63, 3.8) is 0 Å². The fourth-order valence-electron chi connectivity index (χ4n) is 2.98. The van der Waals surface area contributed by atoms with Gasteiger partial charge >= 0.3 is 5.97 Å². The number of likely N-dealkylation sites (tertiary alicyclic amines) is 1. The number of rotatable bonds is 7. The molecule has 3 rings (SSSR count). The van der Waals surface area contributed by atoms with E-state index < -0.39 is 12.0 Å². The smallest absolute Gasteiger partial charge is 0.320 e. The Morgan fingerprint density at radius 2 is 2.19 bits per heavy atom. The molecule has 0 aromatic heterocycles. The van der Waals surface area contributed by atoms with Gasteiger partial charge < -0.3 is 9.84 Å². The van der Waals surface area contributed by atoms with Crippen molar-refractivity contribution in [2.45, 2.75) is 28.7 Å². The lowest BCUT2D eigenvalue weighted by Crippen LogP contribution is -2.38. The Bertz CT molecular complexity index is 789. The van der Waals surface area contributed by atoms with Crippen LogP contribution < -0.4 is 4.74 Å². The quantitative estimate of drug-likeness (QED) is 0.744. The summed E-state index contributed by atoms with van der Waals surface area (Å²) in [7, 11) is 0. The van der Waals surface area contributed by atoms with Crippen molar-refractivity contribution >= 4 is 29.3 Å². The fourth-order valence-corrected chi connectivity index (χ4v) is 4.21. The van der Waals surface area contributed by atoms with Gasteiger partial charge in [-0.2, -0.15) is 0 Å². The predicted octanol–water partition coefficient (Wildman–Crippen LogP) is 4.56. The summed E-state index contributed by atoms with van der Waals surface area (Å²) in [6.45, 7) is 1.69. The number of hydrogen-bond acceptors (Lipinski definition) is 4. The normalized spacial score (nSPS) is 17.4. The molecule has 138 valence electrons. The van der Waals surface area contributed by atoms with Gasteiger partial charge in [-0.15, -0.1) is 0 Å². The molecule has 26 heavy (non-hydrogen) atoms. The summed E-state index contributed by atoms with van der Waals surface area (Å²) in [5.74, 6) is -0.431. The van der Waals surface area contributed by atoms with Gasteiger partial charge in [0.2, 0.25) is 0 Å². The van der Waals surface area contributed by atoms with Gasteiger partial charge in [0.05, 0.1) is 4.90 Å². The zero-order chi connectivity index (χ0) is 18.5. The molecule has 0 amide bonds. The second-order valence-corrected chi connectivity index (χ2v) is 7.58. The molecule has 0 bridgehead atoms. The van der Waals surface area contributed by atoms with E-state index in [9.17, 15) is 14.3 Å². The molecular formula is C19H19ClFNO3S. The van der Waals surface area contributed by atoms with Crippen molar-refractivity contribution in [2.24, 2.45) is 0 Å². The van der Waals surface area contributed by atoms with E-state index in [1.165, 1.54) is 23.9 Å². The molecule has 0 aliphatic carbocycles. The lowest BCUT2D eigenvalue weighted by atomic mass is 10.2. The van der Waals surface area contributed by atoms with Gasteiger partial charge in [-0.25, -0.2) is 4.39 Å². The molecule has 0 spiro atoms. The van der Waals surface area contributed by atoms with E-state index in [-0.39, 0.29) is 5.82 Å². The summed E-state index contributed by atoms with van der Waals surface area (Å²) in [6, 6.07) is 11.2. The molecule has 1 fully saturated rings. The molecule has 4 nitrogen and oxygen atoms in total. The second kappa shape index (κ2) is 8.75. The summed E-state index contributed by atoms with van der Waals surface area (Å²) < 4.78 is 19.3. The van der Waals surface area contributed by atoms with Crippen molar-refractivity contribution in [2.75, 3.05) is 19.7 Å². The van der Waals surface area contributed by atoms with E-state index in [0.717, 1.165) is 22.8 Å². The Balaban J connectivity index is 1.65. The highest BCUT2D eigenvalue weighted by molar-refractivity contribution is 7.99. The Morgan fingerprint density at radius 3 is 2.96 bits per heavy atom. The monoisotopic (exact) mass is 395 g/mol. The molecule has 7 heteroatoms. The SMILES string of the molecule is O=C(O)[C@@H]1CCCN1CCOc1ccc(Cl)cc1Sc1cccc(F)c1. The Hall–Kier alpha value is -1.76. The molecule has 2 aromatic rings. The second-order valence-electron chi connectivity index (χ2n) is 6.03. The summed E-state index contributed by atoms with van der Waals surface area (Å²) in [6.07, 6.45) is 1.57. The van der Waals surface area contributed by atoms with Gasteiger partial charge in [-0.3, -0.25) is 9.69 Å². The molecule has 0 saturated carbocycles. The van der Waals surface area contributed by atoms with Crippen LogP contribution in [0.2, 0.25) is 5.02 Å². The Labute approximate surface area is 160 Å². The first-order valence-electron chi connectivity index (χ1n) is 8.35. The molecule has 2 aromatic carbocycles. The minimum absolute atomic E-state index is 0.298. The van der Waals surface area contributed by atoms with Crippen molar-refractivity contribution in [3.05, 3.63) is 53.3 Å².